The molecule has 0 amide bonds. The highest BCUT2D eigenvalue weighted by molar-refractivity contribution is 5.79. The van der Waals surface area contributed by atoms with E-state index >= 15 is 0 Å². The van der Waals surface area contributed by atoms with Gasteiger partial charge in [0.1, 0.15) is 12.4 Å². The molecule has 0 N–H and O–H groups in total. The lowest BCUT2D eigenvalue weighted by Crippen LogP contribution is -2.08. The van der Waals surface area contributed by atoms with Crippen LogP contribution in [0.4, 0.5) is 0 Å². The van der Waals surface area contributed by atoms with Crippen molar-refractivity contribution in [3.8, 4) is 5.75 Å². The number of pyridine rings is 1. The molecule has 0 radical (unpaired) electrons. The summed E-state index contributed by atoms with van der Waals surface area (Å²) in [5.41, 5.74) is 0.989. The molecular weight excluding hydrogens is 238 g/mol. The maximum Gasteiger partial charge on any atom is 0.138 e. The molecule has 0 aliphatic rings. The van der Waals surface area contributed by atoms with Crippen LogP contribution >= 0.6 is 0 Å². The molecule has 3 heteroatoms. The van der Waals surface area contributed by atoms with Gasteiger partial charge in [0.05, 0.1) is 18.3 Å². The van der Waals surface area contributed by atoms with E-state index in [-0.39, 0.29) is 0 Å². The fourth-order valence-electron chi connectivity index (χ4n) is 1.77. The Labute approximate surface area is 114 Å². The van der Waals surface area contributed by atoms with Crippen molar-refractivity contribution in [1.29, 1.82) is 0 Å². The minimum absolute atomic E-state index is 0.568. The molecule has 1 aromatic heterocycles. The van der Waals surface area contributed by atoms with Gasteiger partial charge in [-0.05, 0) is 24.5 Å². The van der Waals surface area contributed by atoms with Crippen molar-refractivity contribution in [1.82, 2.24) is 4.98 Å². The third-order valence-electron chi connectivity index (χ3n) is 2.90. The highest BCUT2D eigenvalue weighted by atomic mass is 16.5. The molecule has 0 aliphatic carbocycles. The Kier molecular flexibility index (Phi) is 5.16. The number of aromatic nitrogens is 1. The molecule has 0 spiro atoms. The van der Waals surface area contributed by atoms with E-state index < -0.39 is 0 Å². The lowest BCUT2D eigenvalue weighted by Gasteiger charge is -2.08. The summed E-state index contributed by atoms with van der Waals surface area (Å²) in [7, 11) is 0. The molecule has 0 atom stereocenters. The molecule has 0 fully saturated rings. The third-order valence-corrected chi connectivity index (χ3v) is 2.90. The molecule has 2 rings (SSSR count). The zero-order chi connectivity index (χ0) is 13.5. The number of hydrogen-bond donors (Lipinski definition) is 0. The SMILES string of the molecule is CC(C)CCOCCOc1cnc2ccccc2c1. The summed E-state index contributed by atoms with van der Waals surface area (Å²) in [6.07, 6.45) is 2.86. The smallest absolute Gasteiger partial charge is 0.138 e. The summed E-state index contributed by atoms with van der Waals surface area (Å²) in [6.45, 7) is 6.38. The Morgan fingerprint density at radius 1 is 1.11 bits per heavy atom. The Balaban J connectivity index is 1.75. The van der Waals surface area contributed by atoms with E-state index in [1.807, 2.05) is 30.3 Å². The number of para-hydroxylation sites is 1. The summed E-state index contributed by atoms with van der Waals surface area (Å²) in [4.78, 5) is 4.35. The Morgan fingerprint density at radius 3 is 2.79 bits per heavy atom. The van der Waals surface area contributed by atoms with Gasteiger partial charge in [-0.1, -0.05) is 32.0 Å². The number of hydrogen-bond acceptors (Lipinski definition) is 3. The van der Waals surface area contributed by atoms with Gasteiger partial charge in [0, 0.05) is 12.0 Å². The molecule has 0 unspecified atom stereocenters. The molecule has 1 aromatic carbocycles. The highest BCUT2D eigenvalue weighted by Gasteiger charge is 1.99. The number of fused-ring (bicyclic) bond motifs is 1. The molecule has 19 heavy (non-hydrogen) atoms. The van der Waals surface area contributed by atoms with Gasteiger partial charge < -0.3 is 9.47 Å². The molecule has 102 valence electrons. The predicted octanol–water partition coefficient (Wildman–Crippen LogP) is 3.68. The Bertz CT molecular complexity index is 511. The van der Waals surface area contributed by atoms with Crippen LogP contribution in [0.2, 0.25) is 0 Å². The van der Waals surface area contributed by atoms with Gasteiger partial charge in [-0.2, -0.15) is 0 Å². The standard InChI is InChI=1S/C16H21NO2/c1-13(2)7-8-18-9-10-19-15-11-14-5-3-4-6-16(14)17-12-15/h3-6,11-13H,7-10H2,1-2H3. The largest absolute Gasteiger partial charge is 0.490 e. The van der Waals surface area contributed by atoms with E-state index in [2.05, 4.69) is 18.8 Å². The van der Waals surface area contributed by atoms with Crippen LogP contribution in [0.25, 0.3) is 10.9 Å². The number of benzene rings is 1. The maximum absolute atomic E-state index is 5.63. The molecule has 2 aromatic rings. The van der Waals surface area contributed by atoms with Gasteiger partial charge in [-0.3, -0.25) is 4.98 Å². The average molecular weight is 259 g/mol. The van der Waals surface area contributed by atoms with Crippen LogP contribution in [0.15, 0.2) is 36.5 Å². The van der Waals surface area contributed by atoms with Gasteiger partial charge in [0.25, 0.3) is 0 Å². The third kappa shape index (κ3) is 4.52. The minimum atomic E-state index is 0.568. The van der Waals surface area contributed by atoms with Gasteiger partial charge in [0.15, 0.2) is 0 Å². The van der Waals surface area contributed by atoms with Crippen molar-refractivity contribution < 1.29 is 9.47 Å². The van der Waals surface area contributed by atoms with Crippen LogP contribution in [0.1, 0.15) is 20.3 Å². The topological polar surface area (TPSA) is 31.4 Å². The quantitative estimate of drug-likeness (QED) is 0.711. The monoisotopic (exact) mass is 259 g/mol. The first-order chi connectivity index (χ1) is 9.25. The lowest BCUT2D eigenvalue weighted by atomic mass is 10.1. The van der Waals surface area contributed by atoms with E-state index in [4.69, 9.17) is 9.47 Å². The van der Waals surface area contributed by atoms with Crippen molar-refractivity contribution in [2.24, 2.45) is 5.92 Å². The van der Waals surface area contributed by atoms with Crippen LogP contribution < -0.4 is 4.74 Å². The molecule has 1 heterocycles. The first kappa shape index (κ1) is 13.8. The van der Waals surface area contributed by atoms with Crippen LogP contribution in [0.5, 0.6) is 5.75 Å². The fraction of sp³-hybridized carbons (Fsp3) is 0.438. The fourth-order valence-corrected chi connectivity index (χ4v) is 1.77. The molecule has 3 nitrogen and oxygen atoms in total. The minimum Gasteiger partial charge on any atom is -0.490 e. The molecule has 0 saturated carbocycles. The summed E-state index contributed by atoms with van der Waals surface area (Å²) in [5.74, 6) is 1.48. The zero-order valence-electron chi connectivity index (χ0n) is 11.6. The summed E-state index contributed by atoms with van der Waals surface area (Å²) in [6, 6.07) is 10.0. The summed E-state index contributed by atoms with van der Waals surface area (Å²) in [5, 5.41) is 1.10. The van der Waals surface area contributed by atoms with Crippen LogP contribution in [0.3, 0.4) is 0 Å². The molecule has 0 aliphatic heterocycles. The van der Waals surface area contributed by atoms with Crippen molar-refractivity contribution >= 4 is 10.9 Å². The summed E-state index contributed by atoms with van der Waals surface area (Å²) < 4.78 is 11.1. The normalized spacial score (nSPS) is 11.1. The van der Waals surface area contributed by atoms with Gasteiger partial charge in [-0.25, -0.2) is 0 Å². The number of rotatable bonds is 7. The first-order valence-corrected chi connectivity index (χ1v) is 6.81. The van der Waals surface area contributed by atoms with Crippen LogP contribution in [-0.4, -0.2) is 24.8 Å². The van der Waals surface area contributed by atoms with Gasteiger partial charge in [-0.15, -0.1) is 0 Å². The van der Waals surface area contributed by atoms with Gasteiger partial charge in [0.2, 0.25) is 0 Å². The second-order valence-corrected chi connectivity index (χ2v) is 5.01. The van der Waals surface area contributed by atoms with Gasteiger partial charge >= 0.3 is 0 Å². The Morgan fingerprint density at radius 2 is 1.95 bits per heavy atom. The van der Waals surface area contributed by atoms with E-state index in [9.17, 15) is 0 Å². The molecule has 0 saturated heterocycles. The Hall–Kier alpha value is -1.61. The van der Waals surface area contributed by atoms with Crippen molar-refractivity contribution in [2.45, 2.75) is 20.3 Å². The van der Waals surface area contributed by atoms with E-state index in [0.29, 0.717) is 19.1 Å². The highest BCUT2D eigenvalue weighted by Crippen LogP contribution is 2.17. The van der Waals surface area contributed by atoms with E-state index in [0.717, 1.165) is 29.7 Å². The zero-order valence-corrected chi connectivity index (χ0v) is 11.6. The maximum atomic E-state index is 5.63. The average Bonchev–Trinajstić information content (AvgIpc) is 2.42. The van der Waals surface area contributed by atoms with Crippen molar-refractivity contribution in [2.75, 3.05) is 19.8 Å². The lowest BCUT2D eigenvalue weighted by molar-refractivity contribution is 0.0925. The van der Waals surface area contributed by atoms with Crippen molar-refractivity contribution in [3.63, 3.8) is 0 Å². The number of ether oxygens (including phenoxy) is 2. The summed E-state index contributed by atoms with van der Waals surface area (Å²) >= 11 is 0. The van der Waals surface area contributed by atoms with Crippen LogP contribution in [0, 0.1) is 5.92 Å². The van der Waals surface area contributed by atoms with Crippen LogP contribution in [-0.2, 0) is 4.74 Å². The number of nitrogens with zero attached hydrogens (tertiary/aromatic N) is 1. The molecule has 0 bridgehead atoms. The molecular formula is C16H21NO2. The van der Waals surface area contributed by atoms with E-state index in [1.54, 1.807) is 6.20 Å². The second-order valence-electron chi connectivity index (χ2n) is 5.01. The van der Waals surface area contributed by atoms with Crippen molar-refractivity contribution in [3.05, 3.63) is 36.5 Å². The second kappa shape index (κ2) is 7.10. The predicted molar refractivity (Wildman–Crippen MR) is 77.5 cm³/mol. The first-order valence-electron chi connectivity index (χ1n) is 6.81. The van der Waals surface area contributed by atoms with E-state index in [1.165, 1.54) is 0 Å².